The zero-order valence-electron chi connectivity index (χ0n) is 21.1. The second-order valence-corrected chi connectivity index (χ2v) is 10.5. The van der Waals surface area contributed by atoms with Crippen LogP contribution in [-0.2, 0) is 14.8 Å². The predicted octanol–water partition coefficient (Wildman–Crippen LogP) is 5.74. The number of pyridine rings is 1. The van der Waals surface area contributed by atoms with Gasteiger partial charge in [-0.1, -0.05) is 36.2 Å². The number of ether oxygens (including phenoxy) is 2. The summed E-state index contributed by atoms with van der Waals surface area (Å²) in [5.41, 5.74) is 1.68. The molecule has 2 aromatic heterocycles. The molecule has 0 fully saturated rings. The maximum atomic E-state index is 13.1. The number of amides is 1. The number of halogens is 2. The highest BCUT2D eigenvalue weighted by atomic mass is 35.5. The monoisotopic (exact) mass is 587 g/mol. The van der Waals surface area contributed by atoms with Crippen LogP contribution >= 0.6 is 23.2 Å². The Labute approximate surface area is 235 Å². The van der Waals surface area contributed by atoms with Crippen molar-refractivity contribution in [3.63, 3.8) is 0 Å². The number of nitrogens with one attached hydrogen (secondary N) is 1. The molecule has 2 heterocycles. The molecule has 2 aromatic carbocycles. The summed E-state index contributed by atoms with van der Waals surface area (Å²) in [7, 11) is -1.04. The van der Waals surface area contributed by atoms with E-state index >= 15 is 0 Å². The standard InChI is InChI=1S/C26H23Cl2N5O5S/c1-4-25(34)33(24-9-7-17(15-31-24)39(35,36)32-26-29-10-5-11-30-26)21-14-20(28)18(13-23(21)38-3)16-6-8-19(27)22(12-16)37-2/h5-15H,4H2,1-3H3,(H,29,30,32). The van der Waals surface area contributed by atoms with Crippen molar-refractivity contribution in [2.75, 3.05) is 23.8 Å². The third-order valence-electron chi connectivity index (χ3n) is 5.57. The normalized spacial score (nSPS) is 11.1. The fraction of sp³-hybridized carbons (Fsp3) is 0.154. The van der Waals surface area contributed by atoms with E-state index in [1.54, 1.807) is 43.3 Å². The van der Waals surface area contributed by atoms with Crippen LogP contribution in [-0.4, -0.2) is 43.5 Å². The van der Waals surface area contributed by atoms with Gasteiger partial charge in [0.15, 0.2) is 0 Å². The fourth-order valence-corrected chi connectivity index (χ4v) is 5.03. The number of rotatable bonds is 9. The van der Waals surface area contributed by atoms with E-state index in [9.17, 15) is 13.2 Å². The summed E-state index contributed by atoms with van der Waals surface area (Å²) < 4.78 is 38.7. The predicted molar refractivity (Wildman–Crippen MR) is 150 cm³/mol. The number of carbonyl (C=O) groups is 1. The molecular formula is C26H23Cl2N5O5S. The summed E-state index contributed by atoms with van der Waals surface area (Å²) in [6.45, 7) is 1.69. The van der Waals surface area contributed by atoms with Gasteiger partial charge >= 0.3 is 0 Å². The van der Waals surface area contributed by atoms with Crippen LogP contribution in [0.5, 0.6) is 11.5 Å². The van der Waals surface area contributed by atoms with Gasteiger partial charge in [-0.15, -0.1) is 0 Å². The van der Waals surface area contributed by atoms with E-state index < -0.39 is 10.0 Å². The third kappa shape index (κ3) is 6.06. The molecule has 202 valence electrons. The van der Waals surface area contributed by atoms with Crippen LogP contribution in [0.15, 0.2) is 72.0 Å². The molecule has 0 saturated carbocycles. The minimum absolute atomic E-state index is 0.0814. The molecule has 10 nitrogen and oxygen atoms in total. The van der Waals surface area contributed by atoms with Gasteiger partial charge in [-0.25, -0.2) is 28.1 Å². The molecule has 39 heavy (non-hydrogen) atoms. The molecule has 0 spiro atoms. The highest BCUT2D eigenvalue weighted by molar-refractivity contribution is 7.92. The molecule has 0 radical (unpaired) electrons. The van der Waals surface area contributed by atoms with Gasteiger partial charge in [-0.3, -0.25) is 9.69 Å². The number of carbonyl (C=O) groups excluding carboxylic acids is 1. The van der Waals surface area contributed by atoms with Crippen LogP contribution in [0.3, 0.4) is 0 Å². The fourth-order valence-electron chi connectivity index (χ4n) is 3.67. The smallest absolute Gasteiger partial charge is 0.265 e. The highest BCUT2D eigenvalue weighted by Crippen LogP contribution is 2.42. The molecule has 0 saturated heterocycles. The second-order valence-electron chi connectivity index (χ2n) is 7.97. The highest BCUT2D eigenvalue weighted by Gasteiger charge is 2.25. The van der Waals surface area contributed by atoms with Crippen LogP contribution in [0, 0.1) is 0 Å². The average molecular weight is 588 g/mol. The van der Waals surface area contributed by atoms with E-state index in [4.69, 9.17) is 32.7 Å². The summed E-state index contributed by atoms with van der Waals surface area (Å²) in [6, 6.07) is 12.8. The average Bonchev–Trinajstić information content (AvgIpc) is 2.94. The summed E-state index contributed by atoms with van der Waals surface area (Å²) in [5, 5.41) is 0.777. The van der Waals surface area contributed by atoms with Crippen LogP contribution in [0.2, 0.25) is 10.0 Å². The lowest BCUT2D eigenvalue weighted by atomic mass is 10.0. The molecule has 1 N–H and O–H groups in total. The number of hydrogen-bond acceptors (Lipinski definition) is 8. The zero-order valence-corrected chi connectivity index (χ0v) is 23.4. The van der Waals surface area contributed by atoms with Crippen molar-refractivity contribution in [3.05, 3.63) is 77.2 Å². The van der Waals surface area contributed by atoms with Gasteiger partial charge in [0.25, 0.3) is 10.0 Å². The van der Waals surface area contributed by atoms with Crippen molar-refractivity contribution in [2.45, 2.75) is 18.2 Å². The molecule has 0 unspecified atom stereocenters. The van der Waals surface area contributed by atoms with Crippen LogP contribution in [0.1, 0.15) is 13.3 Å². The van der Waals surface area contributed by atoms with Crippen molar-refractivity contribution in [2.24, 2.45) is 0 Å². The largest absolute Gasteiger partial charge is 0.495 e. The lowest BCUT2D eigenvalue weighted by Gasteiger charge is -2.24. The van der Waals surface area contributed by atoms with E-state index in [0.717, 1.165) is 11.8 Å². The molecule has 0 bridgehead atoms. The van der Waals surface area contributed by atoms with E-state index in [0.29, 0.717) is 32.8 Å². The Balaban J connectivity index is 1.74. The molecular weight excluding hydrogens is 565 g/mol. The van der Waals surface area contributed by atoms with E-state index in [-0.39, 0.29) is 29.0 Å². The van der Waals surface area contributed by atoms with Crippen molar-refractivity contribution in [1.29, 1.82) is 0 Å². The van der Waals surface area contributed by atoms with Crippen LogP contribution in [0.25, 0.3) is 11.1 Å². The SMILES string of the molecule is CCC(=O)N(c1ccc(S(=O)(=O)Nc2ncccn2)cn1)c1cc(Cl)c(-c2ccc(Cl)c(OC)c2)cc1OC. The number of methoxy groups -OCH3 is 2. The number of hydrogen-bond donors (Lipinski definition) is 1. The topological polar surface area (TPSA) is 124 Å². The van der Waals surface area contributed by atoms with Crippen molar-refractivity contribution in [1.82, 2.24) is 15.0 Å². The minimum atomic E-state index is -4.02. The zero-order chi connectivity index (χ0) is 28.2. The molecule has 4 aromatic rings. The summed E-state index contributed by atoms with van der Waals surface area (Å²) in [6.07, 6.45) is 4.09. The first-order valence-electron chi connectivity index (χ1n) is 11.5. The second kappa shape index (κ2) is 11.9. The van der Waals surface area contributed by atoms with Crippen molar-refractivity contribution in [3.8, 4) is 22.6 Å². The van der Waals surface area contributed by atoms with Gasteiger partial charge < -0.3 is 9.47 Å². The Morgan fingerprint density at radius 3 is 2.28 bits per heavy atom. The molecule has 0 aliphatic rings. The Hall–Kier alpha value is -3.93. The van der Waals surface area contributed by atoms with E-state index in [1.807, 2.05) is 0 Å². The number of anilines is 3. The van der Waals surface area contributed by atoms with Gasteiger partial charge in [0.05, 0.1) is 30.0 Å². The first-order valence-corrected chi connectivity index (χ1v) is 13.7. The molecule has 13 heteroatoms. The Bertz CT molecular complexity index is 1600. The van der Waals surface area contributed by atoms with Crippen LogP contribution in [0.4, 0.5) is 17.5 Å². The quantitative estimate of drug-likeness (QED) is 0.263. The summed E-state index contributed by atoms with van der Waals surface area (Å²) >= 11 is 12.8. The van der Waals surface area contributed by atoms with Crippen molar-refractivity contribution >= 4 is 56.6 Å². The lowest BCUT2D eigenvalue weighted by molar-refractivity contribution is -0.117. The summed E-state index contributed by atoms with van der Waals surface area (Å²) in [4.78, 5) is 26.3. The lowest BCUT2D eigenvalue weighted by Crippen LogP contribution is -2.26. The maximum absolute atomic E-state index is 13.1. The molecule has 0 aliphatic heterocycles. The minimum Gasteiger partial charge on any atom is -0.495 e. The molecule has 0 atom stereocenters. The number of nitrogens with zero attached hydrogens (tertiary/aromatic N) is 4. The molecule has 1 amide bonds. The van der Waals surface area contributed by atoms with Crippen LogP contribution < -0.4 is 19.1 Å². The van der Waals surface area contributed by atoms with Gasteiger partial charge in [0, 0.05) is 30.6 Å². The summed E-state index contributed by atoms with van der Waals surface area (Å²) in [5.74, 6) is 0.591. The number of sulfonamides is 1. The Morgan fingerprint density at radius 1 is 0.949 bits per heavy atom. The Kier molecular flexibility index (Phi) is 8.54. The van der Waals surface area contributed by atoms with Gasteiger partial charge in [0.1, 0.15) is 22.2 Å². The maximum Gasteiger partial charge on any atom is 0.265 e. The third-order valence-corrected chi connectivity index (χ3v) is 7.51. The first kappa shape index (κ1) is 28.1. The van der Waals surface area contributed by atoms with E-state index in [1.165, 1.54) is 43.6 Å². The van der Waals surface area contributed by atoms with Gasteiger partial charge in [-0.2, -0.15) is 0 Å². The van der Waals surface area contributed by atoms with Crippen molar-refractivity contribution < 1.29 is 22.7 Å². The number of aromatic nitrogens is 3. The Morgan fingerprint density at radius 2 is 1.67 bits per heavy atom. The molecule has 4 rings (SSSR count). The van der Waals surface area contributed by atoms with Gasteiger partial charge in [0.2, 0.25) is 11.9 Å². The molecule has 0 aliphatic carbocycles. The first-order chi connectivity index (χ1) is 18.7. The number of benzene rings is 2. The van der Waals surface area contributed by atoms with E-state index in [2.05, 4.69) is 19.7 Å². The van der Waals surface area contributed by atoms with Gasteiger partial charge in [-0.05, 0) is 48.0 Å².